The maximum Gasteiger partial charge on any atom is 0.255 e. The number of carbonyl (C=O) groups is 1. The first-order valence-electron chi connectivity index (χ1n) is 7.98. The van der Waals surface area contributed by atoms with Gasteiger partial charge in [-0.15, -0.1) is 10.2 Å². The van der Waals surface area contributed by atoms with Crippen molar-refractivity contribution in [1.82, 2.24) is 20.2 Å². The van der Waals surface area contributed by atoms with Gasteiger partial charge in [0.25, 0.3) is 5.56 Å². The molecule has 0 aliphatic rings. The molecule has 3 aromatic rings. The summed E-state index contributed by atoms with van der Waals surface area (Å²) in [5.41, 5.74) is 0.878. The van der Waals surface area contributed by atoms with Gasteiger partial charge >= 0.3 is 0 Å². The number of nitrogens with zero attached hydrogens (tertiary/aromatic N) is 3. The maximum atomic E-state index is 13.7. The average molecular weight is 405 g/mol. The molecule has 0 bridgehead atoms. The molecule has 10 heteroatoms. The Kier molecular flexibility index (Phi) is 5.97. The van der Waals surface area contributed by atoms with Crippen LogP contribution in [-0.4, -0.2) is 26.1 Å². The minimum Gasteiger partial charge on any atom is -0.301 e. The number of aryl methyl sites for hydroxylation is 2. The molecule has 0 saturated carbocycles. The van der Waals surface area contributed by atoms with E-state index in [1.807, 2.05) is 0 Å². The molecule has 0 aliphatic heterocycles. The highest BCUT2D eigenvalue weighted by molar-refractivity contribution is 7.98. The first kappa shape index (κ1) is 19.2. The molecule has 140 valence electrons. The molecule has 0 spiro atoms. The summed E-state index contributed by atoms with van der Waals surface area (Å²) in [6, 6.07) is 6.44. The minimum absolute atomic E-state index is 0.120. The maximum absolute atomic E-state index is 13.7. The van der Waals surface area contributed by atoms with E-state index < -0.39 is 0 Å². The molecular weight excluding hydrogens is 389 g/mol. The van der Waals surface area contributed by atoms with Crippen LogP contribution in [0, 0.1) is 19.7 Å². The molecule has 1 amide bonds. The largest absolute Gasteiger partial charge is 0.301 e. The van der Waals surface area contributed by atoms with E-state index in [2.05, 4.69) is 25.5 Å². The van der Waals surface area contributed by atoms with Crippen LogP contribution in [0.1, 0.15) is 21.8 Å². The minimum atomic E-state index is -0.387. The second-order valence-electron chi connectivity index (χ2n) is 5.67. The van der Waals surface area contributed by atoms with Crippen LogP contribution < -0.4 is 10.9 Å². The Morgan fingerprint density at radius 3 is 2.74 bits per heavy atom. The Bertz CT molecular complexity index is 1030. The van der Waals surface area contributed by atoms with Gasteiger partial charge in [-0.05, 0) is 25.5 Å². The highest BCUT2D eigenvalue weighted by atomic mass is 32.2. The summed E-state index contributed by atoms with van der Waals surface area (Å²) in [7, 11) is 0. The van der Waals surface area contributed by atoms with Crippen molar-refractivity contribution in [3.63, 3.8) is 0 Å². The summed E-state index contributed by atoms with van der Waals surface area (Å²) in [6.45, 7) is 3.45. The lowest BCUT2D eigenvalue weighted by atomic mass is 10.1. The molecule has 2 N–H and O–H groups in total. The molecule has 2 aromatic heterocycles. The predicted octanol–water partition coefficient (Wildman–Crippen LogP) is 2.85. The van der Waals surface area contributed by atoms with E-state index >= 15 is 0 Å². The summed E-state index contributed by atoms with van der Waals surface area (Å²) >= 11 is 2.48. The van der Waals surface area contributed by atoms with E-state index in [0.29, 0.717) is 27.3 Å². The SMILES string of the molecule is Cc1nnc(NC(=O)Cc2c(C)nc(SCc3ccccc3F)[nH]c2=O)s1. The van der Waals surface area contributed by atoms with Gasteiger partial charge in [-0.2, -0.15) is 0 Å². The summed E-state index contributed by atoms with van der Waals surface area (Å²) in [5.74, 6) is -0.330. The van der Waals surface area contributed by atoms with Crippen LogP contribution in [0.3, 0.4) is 0 Å². The first-order chi connectivity index (χ1) is 12.9. The number of H-pyrrole nitrogens is 1. The van der Waals surface area contributed by atoms with E-state index in [-0.39, 0.29) is 29.3 Å². The van der Waals surface area contributed by atoms with Crippen molar-refractivity contribution < 1.29 is 9.18 Å². The van der Waals surface area contributed by atoms with Crippen molar-refractivity contribution in [2.45, 2.75) is 31.2 Å². The number of amides is 1. The topological polar surface area (TPSA) is 101 Å². The molecule has 0 unspecified atom stereocenters. The van der Waals surface area contributed by atoms with Gasteiger partial charge in [-0.1, -0.05) is 41.3 Å². The van der Waals surface area contributed by atoms with Gasteiger partial charge in [0.15, 0.2) is 5.16 Å². The van der Waals surface area contributed by atoms with E-state index in [1.165, 1.54) is 29.2 Å². The van der Waals surface area contributed by atoms with Gasteiger partial charge in [-0.3, -0.25) is 9.59 Å². The molecule has 7 nitrogen and oxygen atoms in total. The van der Waals surface area contributed by atoms with Gasteiger partial charge in [0.1, 0.15) is 10.8 Å². The summed E-state index contributed by atoms with van der Waals surface area (Å²) in [4.78, 5) is 31.4. The number of benzene rings is 1. The standard InChI is InChI=1S/C17H16FN5O2S2/c1-9-12(7-14(24)20-17-23-22-10(2)27-17)15(25)21-16(19-9)26-8-11-5-3-4-6-13(11)18/h3-6H,7-8H2,1-2H3,(H,19,21,25)(H,20,23,24). The van der Waals surface area contributed by atoms with E-state index in [9.17, 15) is 14.0 Å². The van der Waals surface area contributed by atoms with Crippen molar-refractivity contribution in [1.29, 1.82) is 0 Å². The Labute approximate surface area is 162 Å². The smallest absolute Gasteiger partial charge is 0.255 e. The summed E-state index contributed by atoms with van der Waals surface area (Å²) < 4.78 is 13.7. The lowest BCUT2D eigenvalue weighted by Gasteiger charge is -2.07. The van der Waals surface area contributed by atoms with Crippen LogP contribution in [-0.2, 0) is 17.0 Å². The lowest BCUT2D eigenvalue weighted by Crippen LogP contribution is -2.23. The zero-order chi connectivity index (χ0) is 19.4. The van der Waals surface area contributed by atoms with Crippen LogP contribution in [0.15, 0.2) is 34.2 Å². The number of thioether (sulfide) groups is 1. The number of aromatic amines is 1. The van der Waals surface area contributed by atoms with Crippen molar-refractivity contribution in [3.8, 4) is 0 Å². The molecule has 1 aromatic carbocycles. The van der Waals surface area contributed by atoms with Gasteiger partial charge in [-0.25, -0.2) is 9.37 Å². The summed E-state index contributed by atoms with van der Waals surface area (Å²) in [5, 5.41) is 11.7. The Morgan fingerprint density at radius 2 is 2.07 bits per heavy atom. The van der Waals surface area contributed by atoms with E-state index in [4.69, 9.17) is 0 Å². The van der Waals surface area contributed by atoms with Crippen molar-refractivity contribution >= 4 is 34.1 Å². The third-order valence-corrected chi connectivity index (χ3v) is 5.31. The van der Waals surface area contributed by atoms with Crippen LogP contribution >= 0.6 is 23.1 Å². The highest BCUT2D eigenvalue weighted by Crippen LogP contribution is 2.21. The number of nitrogens with one attached hydrogen (secondary N) is 2. The molecule has 0 aliphatic carbocycles. The fourth-order valence-electron chi connectivity index (χ4n) is 2.29. The van der Waals surface area contributed by atoms with E-state index in [0.717, 1.165) is 5.01 Å². The molecule has 0 atom stereocenters. The normalized spacial score (nSPS) is 10.8. The van der Waals surface area contributed by atoms with Crippen LogP contribution in [0.4, 0.5) is 9.52 Å². The third-order valence-electron chi connectivity index (χ3n) is 3.63. The molecule has 2 heterocycles. The van der Waals surface area contributed by atoms with Crippen molar-refractivity contribution in [2.75, 3.05) is 5.32 Å². The van der Waals surface area contributed by atoms with Crippen LogP contribution in [0.25, 0.3) is 0 Å². The molecule has 0 saturated heterocycles. The average Bonchev–Trinajstić information content (AvgIpc) is 3.02. The number of rotatable bonds is 6. The number of halogens is 1. The Hall–Kier alpha value is -2.59. The van der Waals surface area contributed by atoms with Gasteiger partial charge in [0.2, 0.25) is 11.0 Å². The molecule has 27 heavy (non-hydrogen) atoms. The predicted molar refractivity (Wildman–Crippen MR) is 103 cm³/mol. The van der Waals surface area contributed by atoms with Crippen LogP contribution in [0.5, 0.6) is 0 Å². The monoisotopic (exact) mass is 405 g/mol. The molecule has 0 radical (unpaired) electrons. The zero-order valence-electron chi connectivity index (χ0n) is 14.6. The highest BCUT2D eigenvalue weighted by Gasteiger charge is 2.15. The van der Waals surface area contributed by atoms with Gasteiger partial charge < -0.3 is 10.3 Å². The number of anilines is 1. The lowest BCUT2D eigenvalue weighted by molar-refractivity contribution is -0.115. The number of carbonyl (C=O) groups excluding carboxylic acids is 1. The Morgan fingerprint density at radius 1 is 1.30 bits per heavy atom. The fourth-order valence-corrected chi connectivity index (χ4v) is 3.79. The van der Waals surface area contributed by atoms with Gasteiger partial charge in [0, 0.05) is 17.0 Å². The number of hydrogen-bond acceptors (Lipinski definition) is 7. The second kappa shape index (κ2) is 8.40. The third kappa shape index (κ3) is 4.98. The molecule has 0 fully saturated rings. The van der Waals surface area contributed by atoms with Gasteiger partial charge in [0.05, 0.1) is 6.42 Å². The van der Waals surface area contributed by atoms with Crippen molar-refractivity contribution in [3.05, 3.63) is 62.3 Å². The Balaban J connectivity index is 1.68. The summed E-state index contributed by atoms with van der Waals surface area (Å²) in [6.07, 6.45) is -0.120. The quantitative estimate of drug-likeness (QED) is 0.483. The number of hydrogen-bond donors (Lipinski definition) is 2. The fraction of sp³-hybridized carbons (Fsp3) is 0.235. The van der Waals surface area contributed by atoms with Crippen LogP contribution in [0.2, 0.25) is 0 Å². The zero-order valence-corrected chi connectivity index (χ0v) is 16.2. The molecule has 3 rings (SSSR count). The van der Waals surface area contributed by atoms with E-state index in [1.54, 1.807) is 32.0 Å². The van der Waals surface area contributed by atoms with Crippen molar-refractivity contribution in [2.24, 2.45) is 0 Å². The first-order valence-corrected chi connectivity index (χ1v) is 9.78. The second-order valence-corrected chi connectivity index (χ2v) is 7.81. The number of aromatic nitrogens is 4. The molecular formula is C17H16FN5O2S2.